The number of piperidine rings is 1. The van der Waals surface area contributed by atoms with E-state index in [1.807, 2.05) is 0 Å². The van der Waals surface area contributed by atoms with Crippen molar-refractivity contribution in [3.05, 3.63) is 0 Å². The number of carbonyl (C=O) groups is 2. The van der Waals surface area contributed by atoms with Gasteiger partial charge in [-0.2, -0.15) is 0 Å². The molecule has 7 heteroatoms. The molecular weight excluding hydrogens is 352 g/mol. The van der Waals surface area contributed by atoms with Gasteiger partial charge in [0.15, 0.2) is 9.84 Å². The molecule has 0 atom stereocenters. The molecule has 1 aliphatic carbocycles. The molecule has 0 spiro atoms. The van der Waals surface area contributed by atoms with Gasteiger partial charge in [0.1, 0.15) is 0 Å². The maximum Gasteiger partial charge on any atom is 0.223 e. The van der Waals surface area contributed by atoms with Gasteiger partial charge in [-0.1, -0.05) is 32.6 Å². The van der Waals surface area contributed by atoms with Gasteiger partial charge < -0.3 is 10.2 Å². The number of amides is 2. The third kappa shape index (κ3) is 6.25. The first kappa shape index (κ1) is 21.2. The zero-order valence-corrected chi connectivity index (χ0v) is 16.9. The minimum absolute atomic E-state index is 0.0251. The van der Waals surface area contributed by atoms with Crippen molar-refractivity contribution in [2.45, 2.75) is 76.4 Å². The highest BCUT2D eigenvalue weighted by atomic mass is 32.2. The van der Waals surface area contributed by atoms with Crippen LogP contribution >= 0.6 is 0 Å². The fourth-order valence-electron chi connectivity index (χ4n) is 3.92. The molecular formula is C19H34N2O4S. The van der Waals surface area contributed by atoms with Crippen LogP contribution in [0.5, 0.6) is 0 Å². The SMILES string of the molecule is CCCCCNC(=O)C1CCN(C(=O)CCS(=O)(=O)C2CCCC2)CC1. The van der Waals surface area contributed by atoms with Crippen molar-refractivity contribution in [2.24, 2.45) is 5.92 Å². The van der Waals surface area contributed by atoms with E-state index in [4.69, 9.17) is 0 Å². The number of unbranched alkanes of at least 4 members (excludes halogenated alkanes) is 2. The summed E-state index contributed by atoms with van der Waals surface area (Å²) < 4.78 is 24.6. The minimum Gasteiger partial charge on any atom is -0.356 e. The molecule has 0 unspecified atom stereocenters. The van der Waals surface area contributed by atoms with Crippen LogP contribution in [0.2, 0.25) is 0 Å². The fraction of sp³-hybridized carbons (Fsp3) is 0.895. The number of hydrogen-bond donors (Lipinski definition) is 1. The normalized spacial score (nSPS) is 19.7. The van der Waals surface area contributed by atoms with E-state index in [0.29, 0.717) is 25.9 Å². The van der Waals surface area contributed by atoms with E-state index >= 15 is 0 Å². The van der Waals surface area contributed by atoms with E-state index in [1.165, 1.54) is 0 Å². The maximum absolute atomic E-state index is 12.3. The summed E-state index contributed by atoms with van der Waals surface area (Å²) in [5.74, 6) is -0.0535. The lowest BCUT2D eigenvalue weighted by Crippen LogP contribution is -2.43. The molecule has 0 radical (unpaired) electrons. The highest BCUT2D eigenvalue weighted by molar-refractivity contribution is 7.92. The third-order valence-electron chi connectivity index (χ3n) is 5.71. The van der Waals surface area contributed by atoms with Crippen LogP contribution < -0.4 is 5.32 Å². The predicted octanol–water partition coefficient (Wildman–Crippen LogP) is 2.28. The molecule has 26 heavy (non-hydrogen) atoms. The monoisotopic (exact) mass is 386 g/mol. The number of sulfone groups is 1. The molecule has 2 fully saturated rings. The first-order chi connectivity index (χ1) is 12.4. The Bertz CT molecular complexity index is 562. The molecule has 0 bridgehead atoms. The predicted molar refractivity (Wildman–Crippen MR) is 102 cm³/mol. The zero-order valence-electron chi connectivity index (χ0n) is 16.0. The molecule has 0 aromatic carbocycles. The maximum atomic E-state index is 12.3. The Balaban J connectivity index is 1.68. The standard InChI is InChI=1S/C19H34N2O4S/c1-2-3-6-12-20-19(23)16-9-13-21(14-10-16)18(22)11-15-26(24,25)17-7-4-5-8-17/h16-17H,2-15H2,1H3,(H,20,23). The molecule has 0 aromatic heterocycles. The molecule has 1 aliphatic heterocycles. The Morgan fingerprint density at radius 2 is 1.69 bits per heavy atom. The van der Waals surface area contributed by atoms with E-state index in [0.717, 1.165) is 51.5 Å². The topological polar surface area (TPSA) is 83.6 Å². The lowest BCUT2D eigenvalue weighted by Gasteiger charge is -2.31. The summed E-state index contributed by atoms with van der Waals surface area (Å²) >= 11 is 0. The molecule has 2 rings (SSSR count). The summed E-state index contributed by atoms with van der Waals surface area (Å²) in [6.07, 6.45) is 8.12. The quantitative estimate of drug-likeness (QED) is 0.616. The minimum atomic E-state index is -3.14. The fourth-order valence-corrected chi connectivity index (χ4v) is 5.77. The van der Waals surface area contributed by atoms with Crippen molar-refractivity contribution >= 4 is 21.7 Å². The number of rotatable bonds is 9. The summed E-state index contributed by atoms with van der Waals surface area (Å²) in [7, 11) is -3.14. The van der Waals surface area contributed by atoms with E-state index < -0.39 is 9.84 Å². The van der Waals surface area contributed by atoms with Crippen molar-refractivity contribution in [1.29, 1.82) is 0 Å². The van der Waals surface area contributed by atoms with E-state index in [-0.39, 0.29) is 35.2 Å². The Kier molecular flexibility index (Phi) is 8.38. The molecule has 2 amide bonds. The number of nitrogens with zero attached hydrogens (tertiary/aromatic N) is 1. The van der Waals surface area contributed by atoms with Crippen LogP contribution in [-0.4, -0.2) is 55.8 Å². The largest absolute Gasteiger partial charge is 0.356 e. The Morgan fingerprint density at radius 3 is 2.31 bits per heavy atom. The molecule has 0 aromatic rings. The van der Waals surface area contributed by atoms with Crippen molar-refractivity contribution in [3.63, 3.8) is 0 Å². The molecule has 1 N–H and O–H groups in total. The van der Waals surface area contributed by atoms with Crippen LogP contribution in [0.4, 0.5) is 0 Å². The second-order valence-corrected chi connectivity index (χ2v) is 10.1. The van der Waals surface area contributed by atoms with Gasteiger partial charge in [0.2, 0.25) is 11.8 Å². The lowest BCUT2D eigenvalue weighted by atomic mass is 9.95. The Morgan fingerprint density at radius 1 is 1.04 bits per heavy atom. The van der Waals surface area contributed by atoms with Crippen LogP contribution in [0, 0.1) is 5.92 Å². The van der Waals surface area contributed by atoms with Crippen LogP contribution in [0.15, 0.2) is 0 Å². The van der Waals surface area contributed by atoms with Crippen LogP contribution in [0.3, 0.4) is 0 Å². The average Bonchev–Trinajstić information content (AvgIpc) is 3.19. The summed E-state index contributed by atoms with van der Waals surface area (Å²) in [6.45, 7) is 3.96. The van der Waals surface area contributed by atoms with Gasteiger partial charge in [-0.15, -0.1) is 0 Å². The molecule has 6 nitrogen and oxygen atoms in total. The highest BCUT2D eigenvalue weighted by Crippen LogP contribution is 2.26. The van der Waals surface area contributed by atoms with E-state index in [1.54, 1.807) is 4.90 Å². The first-order valence-corrected chi connectivity index (χ1v) is 11.9. The van der Waals surface area contributed by atoms with Gasteiger partial charge in [-0.3, -0.25) is 9.59 Å². The van der Waals surface area contributed by atoms with E-state index in [9.17, 15) is 18.0 Å². The number of nitrogens with one attached hydrogen (secondary N) is 1. The summed E-state index contributed by atoms with van der Waals surface area (Å²) in [5.41, 5.74) is 0. The zero-order chi connectivity index (χ0) is 19.0. The van der Waals surface area contributed by atoms with Gasteiger partial charge in [-0.25, -0.2) is 8.42 Å². The Labute approximate surface area is 158 Å². The van der Waals surface area contributed by atoms with Crippen molar-refractivity contribution < 1.29 is 18.0 Å². The summed E-state index contributed by atoms with van der Waals surface area (Å²) in [4.78, 5) is 26.2. The first-order valence-electron chi connectivity index (χ1n) is 10.2. The second-order valence-electron chi connectivity index (χ2n) is 7.68. The van der Waals surface area contributed by atoms with Gasteiger partial charge >= 0.3 is 0 Å². The van der Waals surface area contributed by atoms with Crippen molar-refractivity contribution in [1.82, 2.24) is 10.2 Å². The molecule has 1 saturated heterocycles. The van der Waals surface area contributed by atoms with Crippen LogP contribution in [-0.2, 0) is 19.4 Å². The number of carbonyl (C=O) groups excluding carboxylic acids is 2. The second kappa shape index (κ2) is 10.3. The molecule has 2 aliphatic rings. The third-order valence-corrected chi connectivity index (χ3v) is 7.97. The highest BCUT2D eigenvalue weighted by Gasteiger charge is 2.31. The van der Waals surface area contributed by atoms with Gasteiger partial charge in [0, 0.05) is 32.0 Å². The Hall–Kier alpha value is -1.11. The summed E-state index contributed by atoms with van der Waals surface area (Å²) in [5, 5.41) is 2.75. The average molecular weight is 387 g/mol. The van der Waals surface area contributed by atoms with Crippen molar-refractivity contribution in [2.75, 3.05) is 25.4 Å². The smallest absolute Gasteiger partial charge is 0.223 e. The van der Waals surface area contributed by atoms with Gasteiger partial charge in [-0.05, 0) is 32.1 Å². The van der Waals surface area contributed by atoms with E-state index in [2.05, 4.69) is 12.2 Å². The van der Waals surface area contributed by atoms with Crippen molar-refractivity contribution in [3.8, 4) is 0 Å². The summed E-state index contributed by atoms with van der Waals surface area (Å²) in [6, 6.07) is 0. The molecule has 1 heterocycles. The lowest BCUT2D eigenvalue weighted by molar-refractivity contribution is -0.135. The van der Waals surface area contributed by atoms with Crippen LogP contribution in [0.25, 0.3) is 0 Å². The molecule has 1 saturated carbocycles. The number of likely N-dealkylation sites (tertiary alicyclic amines) is 1. The van der Waals surface area contributed by atoms with Gasteiger partial charge in [0.25, 0.3) is 0 Å². The number of hydrogen-bond acceptors (Lipinski definition) is 4. The van der Waals surface area contributed by atoms with Crippen LogP contribution in [0.1, 0.15) is 71.1 Å². The van der Waals surface area contributed by atoms with Gasteiger partial charge in [0.05, 0.1) is 11.0 Å². The molecule has 150 valence electrons.